The van der Waals surface area contributed by atoms with Gasteiger partial charge in [0.2, 0.25) is 0 Å². The van der Waals surface area contributed by atoms with Crippen molar-refractivity contribution in [1.82, 2.24) is 9.59 Å². The number of aromatic nitrogens is 2. The van der Waals surface area contributed by atoms with Crippen LogP contribution >= 0.6 is 11.5 Å². The Hall–Kier alpha value is -2.46. The Labute approximate surface area is 113 Å². The molecule has 0 spiro atoms. The summed E-state index contributed by atoms with van der Waals surface area (Å²) in [7, 11) is 0. The van der Waals surface area contributed by atoms with Crippen LogP contribution < -0.4 is 10.1 Å². The van der Waals surface area contributed by atoms with E-state index < -0.39 is 0 Å². The largest absolute Gasteiger partial charge is 0.479 e. The smallest absolute Gasteiger partial charge is 0.269 e. The fourth-order valence-corrected chi connectivity index (χ4v) is 1.96. The third kappa shape index (κ3) is 3.26. The Morgan fingerprint density at radius 2 is 2.42 bits per heavy atom. The number of amides is 1. The molecule has 0 aliphatic rings. The van der Waals surface area contributed by atoms with E-state index in [9.17, 15) is 4.79 Å². The van der Waals surface area contributed by atoms with Crippen molar-refractivity contribution in [3.63, 3.8) is 0 Å². The third-order valence-corrected chi connectivity index (χ3v) is 3.08. The molecular weight excluding hydrogens is 264 g/mol. The predicted molar refractivity (Wildman–Crippen MR) is 70.1 cm³/mol. The number of carbonyl (C=O) groups is 1. The minimum absolute atomic E-state index is 0.0325. The van der Waals surface area contributed by atoms with Crippen molar-refractivity contribution >= 4 is 23.1 Å². The quantitative estimate of drug-likeness (QED) is 0.921. The molecule has 1 N–H and O–H groups in total. The van der Waals surface area contributed by atoms with E-state index in [0.717, 1.165) is 11.5 Å². The molecule has 2 aromatic rings. The Balaban J connectivity index is 2.09. The van der Waals surface area contributed by atoms with E-state index in [2.05, 4.69) is 14.9 Å². The number of aryl methyl sites for hydroxylation is 1. The first-order chi connectivity index (χ1) is 9.20. The van der Waals surface area contributed by atoms with Gasteiger partial charge in [-0.2, -0.15) is 5.26 Å². The Kier molecular flexibility index (Phi) is 4.05. The molecule has 7 heteroatoms. The number of nitriles is 1. The maximum Gasteiger partial charge on any atom is 0.269 e. The zero-order valence-electron chi connectivity index (χ0n) is 10.1. The summed E-state index contributed by atoms with van der Waals surface area (Å²) in [6, 6.07) is 8.72. The van der Waals surface area contributed by atoms with Crippen molar-refractivity contribution in [1.29, 1.82) is 5.26 Å². The lowest BCUT2D eigenvalue weighted by atomic mass is 10.3. The van der Waals surface area contributed by atoms with Gasteiger partial charge in [0, 0.05) is 11.8 Å². The summed E-state index contributed by atoms with van der Waals surface area (Å²) in [4.78, 5) is 12.4. The van der Waals surface area contributed by atoms with Gasteiger partial charge in [0.05, 0.1) is 5.69 Å². The van der Waals surface area contributed by atoms with Crippen molar-refractivity contribution < 1.29 is 9.53 Å². The SMILES string of the molecule is Cc1nnsc1C(=O)Nc1cccc(OCC#N)c1. The summed E-state index contributed by atoms with van der Waals surface area (Å²) in [5.41, 5.74) is 1.19. The lowest BCUT2D eigenvalue weighted by molar-refractivity contribution is 0.103. The van der Waals surface area contributed by atoms with Crippen LogP contribution in [0.2, 0.25) is 0 Å². The van der Waals surface area contributed by atoms with E-state index in [-0.39, 0.29) is 12.5 Å². The van der Waals surface area contributed by atoms with E-state index >= 15 is 0 Å². The third-order valence-electron chi connectivity index (χ3n) is 2.25. The van der Waals surface area contributed by atoms with Crippen LogP contribution in [0.25, 0.3) is 0 Å². The highest BCUT2D eigenvalue weighted by Gasteiger charge is 2.13. The highest BCUT2D eigenvalue weighted by molar-refractivity contribution is 7.08. The van der Waals surface area contributed by atoms with Gasteiger partial charge in [-0.25, -0.2) is 0 Å². The molecule has 0 radical (unpaired) electrons. The fraction of sp³-hybridized carbons (Fsp3) is 0.167. The van der Waals surface area contributed by atoms with Gasteiger partial charge in [-0.15, -0.1) is 5.10 Å². The molecule has 6 nitrogen and oxygen atoms in total. The summed E-state index contributed by atoms with van der Waals surface area (Å²) in [6.45, 7) is 1.69. The minimum atomic E-state index is -0.259. The molecule has 0 bridgehead atoms. The zero-order chi connectivity index (χ0) is 13.7. The maximum atomic E-state index is 11.9. The number of rotatable bonds is 4. The molecule has 0 atom stereocenters. The van der Waals surface area contributed by atoms with Crippen LogP contribution in [0.5, 0.6) is 5.75 Å². The lowest BCUT2D eigenvalue weighted by Crippen LogP contribution is -2.11. The molecule has 0 aliphatic carbocycles. The van der Waals surface area contributed by atoms with E-state index in [1.54, 1.807) is 31.2 Å². The number of nitrogens with zero attached hydrogens (tertiary/aromatic N) is 3. The van der Waals surface area contributed by atoms with Gasteiger partial charge in [-0.05, 0) is 30.6 Å². The molecule has 2 rings (SSSR count). The molecule has 0 saturated heterocycles. The van der Waals surface area contributed by atoms with Gasteiger partial charge in [0.25, 0.3) is 5.91 Å². The number of hydrogen-bond donors (Lipinski definition) is 1. The molecule has 96 valence electrons. The van der Waals surface area contributed by atoms with Crippen LogP contribution in [0.3, 0.4) is 0 Å². The second kappa shape index (κ2) is 5.93. The summed E-state index contributed by atoms with van der Waals surface area (Å²) < 4.78 is 8.87. The molecule has 0 saturated carbocycles. The first-order valence-electron chi connectivity index (χ1n) is 5.41. The molecule has 0 fully saturated rings. The Morgan fingerprint density at radius 1 is 1.58 bits per heavy atom. The van der Waals surface area contributed by atoms with Crippen LogP contribution in [-0.4, -0.2) is 22.1 Å². The Morgan fingerprint density at radius 3 is 3.11 bits per heavy atom. The number of hydrogen-bond acceptors (Lipinski definition) is 6. The second-order valence-corrected chi connectivity index (χ2v) is 4.37. The number of benzene rings is 1. The normalized spacial score (nSPS) is 9.68. The topological polar surface area (TPSA) is 87.9 Å². The van der Waals surface area contributed by atoms with Crippen molar-refractivity contribution in [3.8, 4) is 11.8 Å². The standard InChI is InChI=1S/C12H10N4O2S/c1-8-11(19-16-15-8)12(17)14-9-3-2-4-10(7-9)18-6-5-13/h2-4,7H,6H2,1H3,(H,14,17). The van der Waals surface area contributed by atoms with Crippen molar-refractivity contribution in [2.24, 2.45) is 0 Å². The summed E-state index contributed by atoms with van der Waals surface area (Å²) >= 11 is 1.05. The highest BCUT2D eigenvalue weighted by Crippen LogP contribution is 2.19. The number of nitrogens with one attached hydrogen (secondary N) is 1. The minimum Gasteiger partial charge on any atom is -0.479 e. The first kappa shape index (κ1) is 13.0. The van der Waals surface area contributed by atoms with Gasteiger partial charge in [-0.3, -0.25) is 4.79 Å². The predicted octanol–water partition coefficient (Wildman–Crippen LogP) is 2.00. The average molecular weight is 274 g/mol. The Bertz CT molecular complexity index is 633. The summed E-state index contributed by atoms with van der Waals surface area (Å²) in [5, 5.41) is 15.0. The molecule has 1 heterocycles. The summed E-state index contributed by atoms with van der Waals surface area (Å²) in [6.07, 6.45) is 0. The lowest BCUT2D eigenvalue weighted by Gasteiger charge is -2.06. The van der Waals surface area contributed by atoms with E-state index in [1.165, 1.54) is 0 Å². The van der Waals surface area contributed by atoms with Gasteiger partial charge in [-0.1, -0.05) is 10.6 Å². The maximum absolute atomic E-state index is 11.9. The van der Waals surface area contributed by atoms with E-state index in [4.69, 9.17) is 10.00 Å². The zero-order valence-corrected chi connectivity index (χ0v) is 10.9. The van der Waals surface area contributed by atoms with E-state index in [0.29, 0.717) is 22.0 Å². The van der Waals surface area contributed by atoms with Crippen LogP contribution in [0.4, 0.5) is 5.69 Å². The van der Waals surface area contributed by atoms with Crippen molar-refractivity contribution in [3.05, 3.63) is 34.8 Å². The molecular formula is C12H10N4O2S. The monoisotopic (exact) mass is 274 g/mol. The number of anilines is 1. The average Bonchev–Trinajstić information content (AvgIpc) is 2.83. The van der Waals surface area contributed by atoms with Gasteiger partial charge < -0.3 is 10.1 Å². The second-order valence-electron chi connectivity index (χ2n) is 3.62. The van der Waals surface area contributed by atoms with Crippen molar-refractivity contribution in [2.75, 3.05) is 11.9 Å². The molecule has 1 aromatic carbocycles. The van der Waals surface area contributed by atoms with E-state index in [1.807, 2.05) is 6.07 Å². The van der Waals surface area contributed by atoms with Crippen LogP contribution in [-0.2, 0) is 0 Å². The number of carbonyl (C=O) groups excluding carboxylic acids is 1. The molecule has 0 aliphatic heterocycles. The number of ether oxygens (including phenoxy) is 1. The highest BCUT2D eigenvalue weighted by atomic mass is 32.1. The first-order valence-corrected chi connectivity index (χ1v) is 6.18. The van der Waals surface area contributed by atoms with Crippen LogP contribution in [0, 0.1) is 18.3 Å². The fourth-order valence-electron chi connectivity index (χ4n) is 1.41. The van der Waals surface area contributed by atoms with Crippen LogP contribution in [0.15, 0.2) is 24.3 Å². The molecule has 19 heavy (non-hydrogen) atoms. The van der Waals surface area contributed by atoms with Gasteiger partial charge in [0.15, 0.2) is 6.61 Å². The van der Waals surface area contributed by atoms with Gasteiger partial charge >= 0.3 is 0 Å². The molecule has 0 unspecified atom stereocenters. The van der Waals surface area contributed by atoms with Crippen molar-refractivity contribution in [2.45, 2.75) is 6.92 Å². The molecule has 1 aromatic heterocycles. The summed E-state index contributed by atoms with van der Waals surface area (Å²) in [5.74, 6) is 0.267. The van der Waals surface area contributed by atoms with Gasteiger partial charge in [0.1, 0.15) is 16.7 Å². The van der Waals surface area contributed by atoms with Crippen LogP contribution in [0.1, 0.15) is 15.4 Å². The molecule has 1 amide bonds.